The third-order valence-corrected chi connectivity index (χ3v) is 11.4. The Morgan fingerprint density at radius 3 is 1.77 bits per heavy atom. The van der Waals surface area contributed by atoms with Crippen LogP contribution in [0.1, 0.15) is 5.56 Å². The minimum Gasteiger partial charge on any atom is -0.456 e. The zero-order valence-electron chi connectivity index (χ0n) is 29.7. The molecule has 12 aromatic rings. The van der Waals surface area contributed by atoms with Gasteiger partial charge in [0.05, 0.1) is 51.3 Å². The zero-order chi connectivity index (χ0) is 37.1. The monoisotopic (exact) mass is 713 g/mol. The summed E-state index contributed by atoms with van der Waals surface area (Å²) in [5, 5.41) is 18.7. The van der Waals surface area contributed by atoms with Crippen LogP contribution in [-0.2, 0) is 0 Å². The Bertz CT molecular complexity index is 3730. The van der Waals surface area contributed by atoms with Crippen molar-refractivity contribution in [2.24, 2.45) is 0 Å². The van der Waals surface area contributed by atoms with Crippen LogP contribution in [0.3, 0.4) is 0 Å². The molecule has 12 rings (SSSR count). The summed E-state index contributed by atoms with van der Waals surface area (Å²) >= 11 is 0. The minimum absolute atomic E-state index is 0.626. The number of aromatic nitrogens is 3. The number of para-hydroxylation sites is 3. The molecule has 0 aliphatic heterocycles. The van der Waals surface area contributed by atoms with Crippen molar-refractivity contribution in [2.45, 2.75) is 0 Å². The molecule has 0 bridgehead atoms. The van der Waals surface area contributed by atoms with Crippen LogP contribution < -0.4 is 0 Å². The number of furan rings is 1. The van der Waals surface area contributed by atoms with Crippen molar-refractivity contribution in [3.05, 3.63) is 181 Å². The third-order valence-electron chi connectivity index (χ3n) is 11.4. The summed E-state index contributed by atoms with van der Waals surface area (Å²) in [5.41, 5.74) is 12.4. The smallest absolute Gasteiger partial charge is 0.188 e. The fourth-order valence-electron chi connectivity index (χ4n) is 9.09. The Morgan fingerprint density at radius 1 is 0.446 bits per heavy atom. The Balaban J connectivity index is 1.16. The fraction of sp³-hybridized carbons (Fsp3) is 0. The van der Waals surface area contributed by atoms with Crippen molar-refractivity contribution in [1.29, 1.82) is 5.26 Å². The standard InChI is InChI=1S/C50H27N5O/c1-52-31-16-21-44-38(26-31)36-12-6-7-13-42(36)54(44)33-17-23-47-39(27-33)40-28-34(18-24-48(40)56-47)55-43-14-8-5-11-35(43)37-19-22-46-49(50(37)55)41-25-30(29-51)15-20-45(41)53(46)32-9-3-2-4-10-32/h2-28H. The van der Waals surface area contributed by atoms with Gasteiger partial charge in [-0.1, -0.05) is 66.7 Å². The molecule has 258 valence electrons. The van der Waals surface area contributed by atoms with E-state index in [0.29, 0.717) is 11.3 Å². The first-order chi connectivity index (χ1) is 27.7. The molecule has 6 nitrogen and oxygen atoms in total. The lowest BCUT2D eigenvalue weighted by Crippen LogP contribution is -1.95. The maximum atomic E-state index is 10.0. The molecule has 0 amide bonds. The predicted molar refractivity (Wildman–Crippen MR) is 228 cm³/mol. The molecule has 0 N–H and O–H groups in total. The van der Waals surface area contributed by atoms with Crippen LogP contribution in [0.25, 0.3) is 109 Å². The van der Waals surface area contributed by atoms with E-state index in [1.165, 1.54) is 0 Å². The maximum Gasteiger partial charge on any atom is 0.188 e. The van der Waals surface area contributed by atoms with Crippen molar-refractivity contribution >= 4 is 93.0 Å². The van der Waals surface area contributed by atoms with Crippen molar-refractivity contribution in [3.63, 3.8) is 0 Å². The normalized spacial score (nSPS) is 11.9. The lowest BCUT2D eigenvalue weighted by molar-refractivity contribution is 0.669. The second-order valence-electron chi connectivity index (χ2n) is 14.4. The summed E-state index contributed by atoms with van der Waals surface area (Å²) in [5.74, 6) is 0. The highest BCUT2D eigenvalue weighted by Crippen LogP contribution is 2.43. The SMILES string of the molecule is [C-]#[N+]c1ccc2c(c1)c1ccccc1n2-c1ccc2oc3ccc(-n4c5ccccc5c5ccc6c(c7cc(C#N)ccc7n6-c6ccccc6)c54)cc3c2c1. The molecule has 4 aromatic heterocycles. The van der Waals surface area contributed by atoms with Gasteiger partial charge in [-0.3, -0.25) is 0 Å². The molecule has 4 heterocycles. The van der Waals surface area contributed by atoms with Crippen molar-refractivity contribution in [1.82, 2.24) is 13.7 Å². The minimum atomic E-state index is 0.626. The summed E-state index contributed by atoms with van der Waals surface area (Å²) in [7, 11) is 0. The quantitative estimate of drug-likeness (QED) is 0.171. The van der Waals surface area contributed by atoms with Gasteiger partial charge in [-0.15, -0.1) is 0 Å². The molecule has 0 aliphatic rings. The van der Waals surface area contributed by atoms with E-state index in [-0.39, 0.29) is 0 Å². The molecule has 0 spiro atoms. The van der Waals surface area contributed by atoms with E-state index < -0.39 is 0 Å². The highest BCUT2D eigenvalue weighted by atomic mass is 16.3. The number of benzene rings is 8. The van der Waals surface area contributed by atoms with E-state index in [0.717, 1.165) is 104 Å². The number of rotatable bonds is 3. The van der Waals surface area contributed by atoms with E-state index in [9.17, 15) is 5.26 Å². The van der Waals surface area contributed by atoms with Crippen LogP contribution in [0.15, 0.2) is 168 Å². The molecule has 0 aliphatic carbocycles. The summed E-state index contributed by atoms with van der Waals surface area (Å²) in [6, 6.07) is 59.1. The van der Waals surface area contributed by atoms with Crippen LogP contribution in [0.2, 0.25) is 0 Å². The van der Waals surface area contributed by atoms with Crippen molar-refractivity contribution in [2.75, 3.05) is 0 Å². The Kier molecular flexibility index (Phi) is 6.10. The lowest BCUT2D eigenvalue weighted by atomic mass is 10.1. The number of hydrogen-bond donors (Lipinski definition) is 0. The average molecular weight is 714 g/mol. The third kappa shape index (κ3) is 4.07. The molecule has 0 unspecified atom stereocenters. The lowest BCUT2D eigenvalue weighted by Gasteiger charge is -2.10. The molecule has 0 radical (unpaired) electrons. The first kappa shape index (κ1) is 30.4. The molecule has 0 saturated heterocycles. The van der Waals surface area contributed by atoms with Gasteiger partial charge in [0, 0.05) is 54.8 Å². The van der Waals surface area contributed by atoms with Crippen molar-refractivity contribution < 1.29 is 4.42 Å². The first-order valence-corrected chi connectivity index (χ1v) is 18.5. The molecule has 0 saturated carbocycles. The number of hydrogen-bond acceptors (Lipinski definition) is 2. The Hall–Kier alpha value is -8.06. The summed E-state index contributed by atoms with van der Waals surface area (Å²) < 4.78 is 13.5. The van der Waals surface area contributed by atoms with Gasteiger partial charge < -0.3 is 18.1 Å². The van der Waals surface area contributed by atoms with Gasteiger partial charge in [0.1, 0.15) is 11.2 Å². The molecular weight excluding hydrogens is 687 g/mol. The van der Waals surface area contributed by atoms with Gasteiger partial charge in [-0.25, -0.2) is 4.85 Å². The second-order valence-corrected chi connectivity index (χ2v) is 14.4. The van der Waals surface area contributed by atoms with Gasteiger partial charge in [-0.2, -0.15) is 5.26 Å². The van der Waals surface area contributed by atoms with Crippen LogP contribution in [-0.4, -0.2) is 13.7 Å². The summed E-state index contributed by atoms with van der Waals surface area (Å²) in [6.07, 6.45) is 0. The van der Waals surface area contributed by atoms with Gasteiger partial charge in [-0.05, 0) is 102 Å². The Morgan fingerprint density at radius 2 is 1.04 bits per heavy atom. The molecular formula is C50H27N5O. The Labute approximate surface area is 319 Å². The van der Waals surface area contributed by atoms with Gasteiger partial charge in [0.15, 0.2) is 5.69 Å². The van der Waals surface area contributed by atoms with Crippen LogP contribution >= 0.6 is 0 Å². The highest BCUT2D eigenvalue weighted by Gasteiger charge is 2.22. The van der Waals surface area contributed by atoms with Crippen molar-refractivity contribution in [3.8, 4) is 23.1 Å². The van der Waals surface area contributed by atoms with Gasteiger partial charge in [0.2, 0.25) is 0 Å². The topological polar surface area (TPSA) is 56.1 Å². The summed E-state index contributed by atoms with van der Waals surface area (Å²) in [6.45, 7) is 7.63. The number of fused-ring (bicyclic) bond motifs is 13. The maximum absolute atomic E-state index is 10.0. The molecule has 56 heavy (non-hydrogen) atoms. The molecule has 8 aromatic carbocycles. The van der Waals surface area contributed by atoms with E-state index in [4.69, 9.17) is 11.0 Å². The van der Waals surface area contributed by atoms with Crippen LogP contribution in [0, 0.1) is 17.9 Å². The first-order valence-electron chi connectivity index (χ1n) is 18.5. The van der Waals surface area contributed by atoms with Gasteiger partial charge >= 0.3 is 0 Å². The fourth-order valence-corrected chi connectivity index (χ4v) is 9.09. The number of nitriles is 1. The molecule has 0 atom stereocenters. The molecule has 0 fully saturated rings. The largest absolute Gasteiger partial charge is 0.456 e. The highest BCUT2D eigenvalue weighted by molar-refractivity contribution is 6.26. The van der Waals surface area contributed by atoms with E-state index >= 15 is 0 Å². The average Bonchev–Trinajstić information content (AvgIpc) is 3.99. The van der Waals surface area contributed by atoms with Crippen LogP contribution in [0.5, 0.6) is 0 Å². The summed E-state index contributed by atoms with van der Waals surface area (Å²) in [4.78, 5) is 3.71. The zero-order valence-corrected chi connectivity index (χ0v) is 29.7. The van der Waals surface area contributed by atoms with Crippen LogP contribution in [0.4, 0.5) is 5.69 Å². The van der Waals surface area contributed by atoms with E-state index in [1.54, 1.807) is 0 Å². The predicted octanol–water partition coefficient (Wildman–Crippen LogP) is 13.3. The van der Waals surface area contributed by atoms with E-state index in [1.807, 2.05) is 30.3 Å². The number of nitrogens with zero attached hydrogens (tertiary/aromatic N) is 5. The second kappa shape index (κ2) is 11.2. The molecule has 6 heteroatoms. The van der Waals surface area contributed by atoms with E-state index in [2.05, 4.69) is 158 Å². The van der Waals surface area contributed by atoms with Gasteiger partial charge in [0.25, 0.3) is 0 Å².